The normalized spacial score (nSPS) is 12.9. The van der Waals surface area contributed by atoms with Crippen molar-refractivity contribution in [2.24, 2.45) is 0 Å². The molecule has 0 radical (unpaired) electrons. The van der Waals surface area contributed by atoms with Crippen molar-refractivity contribution >= 4 is 17.6 Å². The van der Waals surface area contributed by atoms with Crippen molar-refractivity contribution in [3.8, 4) is 0 Å². The van der Waals surface area contributed by atoms with Gasteiger partial charge in [-0.2, -0.15) is 26.3 Å². The average molecular weight is 359 g/mol. The second-order valence-corrected chi connectivity index (χ2v) is 4.97. The summed E-state index contributed by atoms with van der Waals surface area (Å²) in [4.78, 5) is 2.65. The predicted molar refractivity (Wildman–Crippen MR) is 82.3 cm³/mol. The van der Waals surface area contributed by atoms with E-state index in [0.717, 1.165) is 24.3 Å². The lowest BCUT2D eigenvalue weighted by atomic mass is 10.2. The quantitative estimate of drug-likeness (QED) is 0.623. The number of hydrogen-bond acceptors (Lipinski definition) is 1. The van der Waals surface area contributed by atoms with E-state index < -0.39 is 23.5 Å². The van der Waals surface area contributed by atoms with Gasteiger partial charge in [0.15, 0.2) is 6.21 Å². The number of rotatable bonds is 4. The van der Waals surface area contributed by atoms with Gasteiger partial charge in [-0.25, -0.2) is 4.99 Å². The summed E-state index contributed by atoms with van der Waals surface area (Å²) in [5.41, 5.74) is -1.09. The summed E-state index contributed by atoms with van der Waals surface area (Å²) >= 11 is 0. The van der Waals surface area contributed by atoms with Gasteiger partial charge in [-0.3, -0.25) is 0 Å². The second kappa shape index (κ2) is 7.42. The van der Waals surface area contributed by atoms with Gasteiger partial charge in [0.1, 0.15) is 0 Å². The summed E-state index contributed by atoms with van der Waals surface area (Å²) in [6.45, 7) is 0. The highest BCUT2D eigenvalue weighted by Gasteiger charge is 2.31. The molecule has 2 nitrogen and oxygen atoms in total. The van der Waals surface area contributed by atoms with Crippen LogP contribution >= 0.6 is 0 Å². The highest BCUT2D eigenvalue weighted by molar-refractivity contribution is 5.67. The molecule has 8 heteroatoms. The first-order chi connectivity index (χ1) is 11.7. The molecule has 0 spiro atoms. The first-order valence-electron chi connectivity index (χ1n) is 7.02. The zero-order valence-corrected chi connectivity index (χ0v) is 12.6. The molecule has 2 rings (SSSR count). The number of nitrogens with one attached hydrogen (secondary N) is 2. The van der Waals surface area contributed by atoms with Gasteiger partial charge in [0.25, 0.3) is 0 Å². The smallest absolute Gasteiger partial charge is 0.361 e. The number of halogens is 6. The van der Waals surface area contributed by atoms with Gasteiger partial charge in [0, 0.05) is 30.1 Å². The zero-order valence-electron chi connectivity index (χ0n) is 12.6. The Bertz CT molecular complexity index is 775. The molecule has 0 unspecified atom stereocenters. The molecular formula is C17H13F6N2+. The highest BCUT2D eigenvalue weighted by atomic mass is 19.4. The second-order valence-electron chi connectivity index (χ2n) is 4.97. The van der Waals surface area contributed by atoms with E-state index in [9.17, 15) is 26.3 Å². The molecule has 0 saturated carbocycles. The van der Waals surface area contributed by atoms with Gasteiger partial charge in [0.05, 0.1) is 11.1 Å². The summed E-state index contributed by atoms with van der Waals surface area (Å²) in [6, 6.07) is 9.26. The molecule has 0 bridgehead atoms. The minimum absolute atomic E-state index is 0.235. The summed E-state index contributed by atoms with van der Waals surface area (Å²) in [7, 11) is 0. The number of allylic oxidation sites excluding steroid dienone is 1. The third-order valence-electron chi connectivity index (χ3n) is 3.07. The molecule has 132 valence electrons. The Balaban J connectivity index is 1.99. The van der Waals surface area contributed by atoms with Gasteiger partial charge in [-0.05, 0) is 24.3 Å². The van der Waals surface area contributed by atoms with Crippen molar-refractivity contribution in [2.75, 3.05) is 5.32 Å². The van der Waals surface area contributed by atoms with Crippen LogP contribution in [-0.2, 0) is 12.4 Å². The molecule has 25 heavy (non-hydrogen) atoms. The molecule has 0 aliphatic carbocycles. The monoisotopic (exact) mass is 359 g/mol. The maximum Gasteiger partial charge on any atom is 0.416 e. The lowest BCUT2D eigenvalue weighted by Gasteiger charge is -2.08. The molecule has 0 atom stereocenters. The van der Waals surface area contributed by atoms with Crippen LogP contribution in [0.25, 0.3) is 0 Å². The van der Waals surface area contributed by atoms with Gasteiger partial charge in [-0.15, -0.1) is 0 Å². The van der Waals surface area contributed by atoms with Crippen molar-refractivity contribution in [3.63, 3.8) is 0 Å². The van der Waals surface area contributed by atoms with E-state index in [1.165, 1.54) is 42.8 Å². The van der Waals surface area contributed by atoms with Crippen molar-refractivity contribution in [3.05, 3.63) is 71.9 Å². The molecule has 2 aromatic carbocycles. The van der Waals surface area contributed by atoms with E-state index >= 15 is 0 Å². The van der Waals surface area contributed by atoms with Crippen LogP contribution in [0.5, 0.6) is 0 Å². The van der Waals surface area contributed by atoms with E-state index in [4.69, 9.17) is 0 Å². The molecule has 0 fully saturated rings. The first kappa shape index (κ1) is 18.6. The Morgan fingerprint density at radius 3 is 2.04 bits per heavy atom. The lowest BCUT2D eigenvalue weighted by molar-refractivity contribution is -0.346. The molecule has 2 aromatic rings. The van der Waals surface area contributed by atoms with E-state index in [0.29, 0.717) is 0 Å². The molecule has 0 aromatic heterocycles. The Morgan fingerprint density at radius 1 is 0.800 bits per heavy atom. The fourth-order valence-corrected chi connectivity index (χ4v) is 1.91. The Hall–Kier alpha value is -2.77. The number of benzene rings is 2. The third kappa shape index (κ3) is 5.66. The Kier molecular flexibility index (Phi) is 5.51. The summed E-state index contributed by atoms with van der Waals surface area (Å²) in [6.07, 6.45) is -4.73. The minimum Gasteiger partial charge on any atom is -0.361 e. The molecule has 0 heterocycles. The topological polar surface area (TPSA) is 26.0 Å². The molecule has 0 saturated heterocycles. The summed E-state index contributed by atoms with van der Waals surface area (Å²) in [5.74, 6) is 0. The van der Waals surface area contributed by atoms with Gasteiger partial charge in [0.2, 0.25) is 5.69 Å². The number of anilines is 1. The SMILES string of the molecule is FC(F)(F)c1cccc(N/C=C/C=[NH+]c2cccc(C(F)(F)F)c2)c1. The fourth-order valence-electron chi connectivity index (χ4n) is 1.91. The highest BCUT2D eigenvalue weighted by Crippen LogP contribution is 2.31. The average Bonchev–Trinajstić information content (AvgIpc) is 2.53. The standard InChI is InChI=1S/C17H12F6N2/c18-16(19,20)12-4-1-6-14(10-12)24-8-3-9-25-15-7-2-5-13(11-15)17(21,22)23/h1-11,24H/p+1/b8-3+,25-9?. The van der Waals surface area contributed by atoms with Crippen LogP contribution in [-0.4, -0.2) is 6.21 Å². The number of hydrogen-bond donors (Lipinski definition) is 2. The van der Waals surface area contributed by atoms with Crippen LogP contribution < -0.4 is 10.3 Å². The lowest BCUT2D eigenvalue weighted by Crippen LogP contribution is -2.61. The Labute approximate surface area is 139 Å². The van der Waals surface area contributed by atoms with Crippen LogP contribution in [0.4, 0.5) is 37.7 Å². The van der Waals surface area contributed by atoms with Crippen LogP contribution in [0.2, 0.25) is 0 Å². The van der Waals surface area contributed by atoms with Gasteiger partial charge >= 0.3 is 12.4 Å². The zero-order chi connectivity index (χ0) is 18.5. The van der Waals surface area contributed by atoms with Crippen molar-refractivity contribution in [1.29, 1.82) is 0 Å². The molecule has 0 aliphatic heterocycles. The predicted octanol–water partition coefficient (Wildman–Crippen LogP) is 4.13. The van der Waals surface area contributed by atoms with E-state index in [1.807, 2.05) is 0 Å². The third-order valence-corrected chi connectivity index (χ3v) is 3.07. The largest absolute Gasteiger partial charge is 0.416 e. The molecule has 0 amide bonds. The van der Waals surface area contributed by atoms with Crippen molar-refractivity contribution < 1.29 is 31.3 Å². The van der Waals surface area contributed by atoms with Crippen LogP contribution in [0.1, 0.15) is 11.1 Å². The summed E-state index contributed by atoms with van der Waals surface area (Å²) < 4.78 is 75.4. The van der Waals surface area contributed by atoms with E-state index in [-0.39, 0.29) is 11.4 Å². The summed E-state index contributed by atoms with van der Waals surface area (Å²) in [5, 5.41) is 2.65. The van der Waals surface area contributed by atoms with Crippen LogP contribution in [0, 0.1) is 0 Å². The molecule has 0 aliphatic rings. The maximum absolute atomic E-state index is 12.6. The Morgan fingerprint density at radius 2 is 1.40 bits per heavy atom. The number of alkyl halides is 6. The van der Waals surface area contributed by atoms with E-state index in [2.05, 4.69) is 10.3 Å². The maximum atomic E-state index is 12.6. The molecular weight excluding hydrogens is 346 g/mol. The van der Waals surface area contributed by atoms with Gasteiger partial charge < -0.3 is 5.32 Å². The van der Waals surface area contributed by atoms with Gasteiger partial charge in [-0.1, -0.05) is 12.1 Å². The first-order valence-corrected chi connectivity index (χ1v) is 7.02. The van der Waals surface area contributed by atoms with Crippen molar-refractivity contribution in [1.82, 2.24) is 0 Å². The minimum atomic E-state index is -4.43. The van der Waals surface area contributed by atoms with Crippen molar-refractivity contribution in [2.45, 2.75) is 12.4 Å². The molecule has 2 N–H and O–H groups in total. The van der Waals surface area contributed by atoms with E-state index in [1.54, 1.807) is 0 Å². The fraction of sp³-hybridized carbons (Fsp3) is 0.118. The van der Waals surface area contributed by atoms with Crippen LogP contribution in [0.15, 0.2) is 60.8 Å². The van der Waals surface area contributed by atoms with Crippen LogP contribution in [0.3, 0.4) is 0 Å².